The minimum atomic E-state index is -0.250. The third kappa shape index (κ3) is 2.25. The van der Waals surface area contributed by atoms with Crippen LogP contribution in [0.1, 0.15) is 23.7 Å². The van der Waals surface area contributed by atoms with E-state index >= 15 is 0 Å². The maximum Gasteiger partial charge on any atom is 0.150 e. The molecule has 2 rings (SSSR count). The Labute approximate surface area is 95.7 Å². The molecule has 1 saturated heterocycles. The number of hydrogen-bond acceptors (Lipinski definition) is 3. The molecule has 0 aromatic heterocycles. The van der Waals surface area contributed by atoms with Gasteiger partial charge in [0.2, 0.25) is 0 Å². The summed E-state index contributed by atoms with van der Waals surface area (Å²) in [7, 11) is 0. The maximum atomic E-state index is 10.5. The van der Waals surface area contributed by atoms with E-state index in [2.05, 4.69) is 11.8 Å². The summed E-state index contributed by atoms with van der Waals surface area (Å²) in [4.78, 5) is 12.7. The fourth-order valence-electron chi connectivity index (χ4n) is 2.05. The summed E-state index contributed by atoms with van der Waals surface area (Å²) < 4.78 is 0. The summed E-state index contributed by atoms with van der Waals surface area (Å²) in [5.41, 5.74) is 1.77. The van der Waals surface area contributed by atoms with Gasteiger partial charge in [0, 0.05) is 24.3 Å². The van der Waals surface area contributed by atoms with Crippen LogP contribution in [0.5, 0.6) is 0 Å². The van der Waals surface area contributed by atoms with Gasteiger partial charge >= 0.3 is 0 Å². The molecule has 3 heteroatoms. The third-order valence-corrected chi connectivity index (χ3v) is 3.31. The van der Waals surface area contributed by atoms with Crippen molar-refractivity contribution in [3.63, 3.8) is 0 Å². The Morgan fingerprint density at radius 3 is 2.62 bits per heavy atom. The second-order valence-electron chi connectivity index (χ2n) is 4.49. The molecular formula is C13H17NO2. The lowest BCUT2D eigenvalue weighted by molar-refractivity contribution is 0.103. The minimum Gasteiger partial charge on any atom is -0.391 e. The first kappa shape index (κ1) is 11.1. The molecule has 1 N–H and O–H groups in total. The average molecular weight is 219 g/mol. The van der Waals surface area contributed by atoms with Crippen LogP contribution in [0.4, 0.5) is 5.69 Å². The predicted molar refractivity (Wildman–Crippen MR) is 63.8 cm³/mol. The van der Waals surface area contributed by atoms with Crippen LogP contribution < -0.4 is 4.90 Å². The highest BCUT2D eigenvalue weighted by Gasteiger charge is 2.24. The summed E-state index contributed by atoms with van der Waals surface area (Å²) in [6, 6.07) is 7.50. The van der Waals surface area contributed by atoms with Gasteiger partial charge in [0.1, 0.15) is 6.29 Å². The Bertz CT molecular complexity index is 361. The van der Waals surface area contributed by atoms with Crippen LogP contribution in [0.3, 0.4) is 0 Å². The summed E-state index contributed by atoms with van der Waals surface area (Å²) >= 11 is 0. The number of rotatable bonds is 2. The van der Waals surface area contributed by atoms with Crippen molar-refractivity contribution in [1.82, 2.24) is 0 Å². The Balaban J connectivity index is 2.09. The third-order valence-electron chi connectivity index (χ3n) is 3.31. The topological polar surface area (TPSA) is 40.5 Å². The highest BCUT2D eigenvalue weighted by atomic mass is 16.3. The largest absolute Gasteiger partial charge is 0.391 e. The number of hydrogen-bond donors (Lipinski definition) is 1. The summed E-state index contributed by atoms with van der Waals surface area (Å²) in [6.45, 7) is 3.73. The van der Waals surface area contributed by atoms with Gasteiger partial charge in [-0.25, -0.2) is 0 Å². The SMILES string of the molecule is CC1CCN(c2ccc(C=O)cc2)CC1O. The van der Waals surface area contributed by atoms with Crippen LogP contribution in [-0.2, 0) is 0 Å². The van der Waals surface area contributed by atoms with Crippen LogP contribution in [0.2, 0.25) is 0 Å². The molecule has 0 spiro atoms. The van der Waals surface area contributed by atoms with E-state index in [9.17, 15) is 9.90 Å². The number of aliphatic hydroxyl groups excluding tert-OH is 1. The van der Waals surface area contributed by atoms with Gasteiger partial charge in [-0.1, -0.05) is 6.92 Å². The molecule has 2 atom stereocenters. The van der Waals surface area contributed by atoms with Gasteiger partial charge in [0.05, 0.1) is 6.10 Å². The summed E-state index contributed by atoms with van der Waals surface area (Å²) in [5.74, 6) is 0.380. The van der Waals surface area contributed by atoms with Crippen molar-refractivity contribution in [3.8, 4) is 0 Å². The molecule has 1 aromatic carbocycles. The van der Waals surface area contributed by atoms with Crippen molar-refractivity contribution in [2.45, 2.75) is 19.4 Å². The van der Waals surface area contributed by atoms with E-state index in [-0.39, 0.29) is 6.10 Å². The number of piperidine rings is 1. The van der Waals surface area contributed by atoms with Crippen molar-refractivity contribution < 1.29 is 9.90 Å². The first-order chi connectivity index (χ1) is 7.70. The van der Waals surface area contributed by atoms with Gasteiger partial charge < -0.3 is 10.0 Å². The maximum absolute atomic E-state index is 10.5. The van der Waals surface area contributed by atoms with E-state index in [0.717, 1.165) is 24.9 Å². The van der Waals surface area contributed by atoms with Crippen LogP contribution in [0.15, 0.2) is 24.3 Å². The first-order valence-corrected chi connectivity index (χ1v) is 5.69. The van der Waals surface area contributed by atoms with E-state index in [4.69, 9.17) is 0 Å². The van der Waals surface area contributed by atoms with Crippen LogP contribution in [-0.4, -0.2) is 30.6 Å². The number of aliphatic hydroxyl groups is 1. The Kier molecular flexibility index (Phi) is 3.25. The Morgan fingerprint density at radius 2 is 2.06 bits per heavy atom. The van der Waals surface area contributed by atoms with Crippen LogP contribution >= 0.6 is 0 Å². The first-order valence-electron chi connectivity index (χ1n) is 5.69. The summed E-state index contributed by atoms with van der Waals surface area (Å²) in [5, 5.41) is 9.81. The predicted octanol–water partition coefficient (Wildman–Crippen LogP) is 1.71. The minimum absolute atomic E-state index is 0.250. The van der Waals surface area contributed by atoms with E-state index in [1.54, 1.807) is 0 Å². The number of carbonyl (C=O) groups is 1. The molecule has 86 valence electrons. The molecule has 0 bridgehead atoms. The van der Waals surface area contributed by atoms with Gasteiger partial charge in [0.15, 0.2) is 0 Å². The van der Waals surface area contributed by atoms with Gasteiger partial charge in [0.25, 0.3) is 0 Å². The number of benzene rings is 1. The molecule has 1 aliphatic rings. The smallest absolute Gasteiger partial charge is 0.150 e. The summed E-state index contributed by atoms with van der Waals surface area (Å²) in [6.07, 6.45) is 1.60. The number of nitrogens with zero attached hydrogens (tertiary/aromatic N) is 1. The zero-order valence-electron chi connectivity index (χ0n) is 9.47. The lowest BCUT2D eigenvalue weighted by Gasteiger charge is -2.35. The van der Waals surface area contributed by atoms with Crippen LogP contribution in [0.25, 0.3) is 0 Å². The van der Waals surface area contributed by atoms with Crippen molar-refractivity contribution >= 4 is 12.0 Å². The molecule has 1 heterocycles. The molecule has 0 amide bonds. The second kappa shape index (κ2) is 4.66. The van der Waals surface area contributed by atoms with E-state index in [1.807, 2.05) is 24.3 Å². The van der Waals surface area contributed by atoms with Crippen molar-refractivity contribution in [3.05, 3.63) is 29.8 Å². The highest BCUT2D eigenvalue weighted by Crippen LogP contribution is 2.23. The quantitative estimate of drug-likeness (QED) is 0.770. The molecule has 1 aromatic rings. The zero-order chi connectivity index (χ0) is 11.5. The number of anilines is 1. The molecule has 1 fully saturated rings. The van der Waals surface area contributed by atoms with Crippen molar-refractivity contribution in [2.75, 3.05) is 18.0 Å². The lowest BCUT2D eigenvalue weighted by Crippen LogP contribution is -2.42. The molecule has 0 aliphatic carbocycles. The second-order valence-corrected chi connectivity index (χ2v) is 4.49. The monoisotopic (exact) mass is 219 g/mol. The molecule has 1 aliphatic heterocycles. The fraction of sp³-hybridized carbons (Fsp3) is 0.462. The molecule has 3 nitrogen and oxygen atoms in total. The normalized spacial score (nSPS) is 25.5. The molecule has 0 saturated carbocycles. The van der Waals surface area contributed by atoms with Crippen molar-refractivity contribution in [1.29, 1.82) is 0 Å². The molecule has 2 unspecified atom stereocenters. The van der Waals surface area contributed by atoms with Gasteiger partial charge in [-0.15, -0.1) is 0 Å². The van der Waals surface area contributed by atoms with E-state index < -0.39 is 0 Å². The number of carbonyl (C=O) groups excluding carboxylic acids is 1. The van der Waals surface area contributed by atoms with E-state index in [0.29, 0.717) is 18.0 Å². The Hall–Kier alpha value is -1.35. The zero-order valence-corrected chi connectivity index (χ0v) is 9.47. The molecule has 16 heavy (non-hydrogen) atoms. The van der Waals surface area contributed by atoms with E-state index in [1.165, 1.54) is 0 Å². The standard InChI is InChI=1S/C13H17NO2/c1-10-6-7-14(8-13(10)16)12-4-2-11(9-15)3-5-12/h2-5,9-10,13,16H,6-8H2,1H3. The van der Waals surface area contributed by atoms with Gasteiger partial charge in [-0.05, 0) is 36.6 Å². The highest BCUT2D eigenvalue weighted by molar-refractivity contribution is 5.75. The van der Waals surface area contributed by atoms with Gasteiger partial charge in [-0.3, -0.25) is 4.79 Å². The van der Waals surface area contributed by atoms with Gasteiger partial charge in [-0.2, -0.15) is 0 Å². The number of aldehydes is 1. The Morgan fingerprint density at radius 1 is 1.38 bits per heavy atom. The van der Waals surface area contributed by atoms with Crippen LogP contribution in [0, 0.1) is 5.92 Å². The van der Waals surface area contributed by atoms with Crippen molar-refractivity contribution in [2.24, 2.45) is 5.92 Å². The average Bonchev–Trinajstić information content (AvgIpc) is 2.33. The number of β-amino-alcohol motifs (C(OH)–C–C–N with tert-alkyl or cyclic N) is 1. The lowest BCUT2D eigenvalue weighted by atomic mass is 9.95. The molecular weight excluding hydrogens is 202 g/mol. The molecule has 0 radical (unpaired) electrons. The fourth-order valence-corrected chi connectivity index (χ4v) is 2.05.